The van der Waals surface area contributed by atoms with Gasteiger partial charge in [-0.25, -0.2) is 0 Å². The van der Waals surface area contributed by atoms with Crippen LogP contribution in [0, 0.1) is 0 Å². The first-order chi connectivity index (χ1) is 4.24. The Kier molecular flexibility index (Phi) is 2.19. The SMILES string of the molecule is [B]CC1OC([B])CC1O. The molecule has 9 heavy (non-hydrogen) atoms. The largest absolute Gasteiger partial charge is 0.390 e. The predicted octanol–water partition coefficient (Wildman–Crippen LogP) is -0.782. The molecule has 1 saturated heterocycles. The van der Waals surface area contributed by atoms with E-state index in [4.69, 9.17) is 25.5 Å². The molecule has 0 spiro atoms. The van der Waals surface area contributed by atoms with E-state index < -0.39 is 6.10 Å². The van der Waals surface area contributed by atoms with Crippen LogP contribution in [0.1, 0.15) is 6.42 Å². The third kappa shape index (κ3) is 1.49. The molecular weight excluding hydrogens is 114 g/mol. The fraction of sp³-hybridized carbons (Fsp3) is 1.00. The van der Waals surface area contributed by atoms with Crippen molar-refractivity contribution >= 4 is 15.7 Å². The first-order valence-corrected chi connectivity index (χ1v) is 3.03. The Balaban J connectivity index is 2.38. The topological polar surface area (TPSA) is 29.5 Å². The standard InChI is InChI=1S/C5H8B2O2/c6-2-4-3(8)1-5(7)9-4/h3-5,8H,1-2H2. The first kappa shape index (κ1) is 7.16. The van der Waals surface area contributed by atoms with E-state index in [1.807, 2.05) is 0 Å². The third-order valence-electron chi connectivity index (χ3n) is 1.48. The molecule has 1 fully saturated rings. The number of rotatable bonds is 1. The fourth-order valence-corrected chi connectivity index (χ4v) is 0.973. The number of hydrogen-bond acceptors (Lipinski definition) is 2. The number of aliphatic hydroxyl groups excluding tert-OH is 1. The lowest BCUT2D eigenvalue weighted by atomic mass is 9.93. The van der Waals surface area contributed by atoms with Crippen LogP contribution in [0.5, 0.6) is 0 Å². The number of hydrogen-bond donors (Lipinski definition) is 1. The van der Waals surface area contributed by atoms with Crippen LogP contribution in [-0.4, -0.2) is 39.0 Å². The molecule has 2 nitrogen and oxygen atoms in total. The Bertz CT molecular complexity index is 99.0. The van der Waals surface area contributed by atoms with Crippen molar-refractivity contribution in [2.75, 3.05) is 0 Å². The van der Waals surface area contributed by atoms with E-state index in [0.717, 1.165) is 0 Å². The Morgan fingerprint density at radius 1 is 1.67 bits per heavy atom. The minimum atomic E-state index is -0.468. The van der Waals surface area contributed by atoms with Crippen LogP contribution in [0.2, 0.25) is 6.32 Å². The molecule has 0 saturated carbocycles. The molecular formula is C5H8B2O2. The van der Waals surface area contributed by atoms with Crippen LogP contribution in [0.4, 0.5) is 0 Å². The maximum atomic E-state index is 9.07. The lowest BCUT2D eigenvalue weighted by Crippen LogP contribution is -2.19. The highest BCUT2D eigenvalue weighted by molar-refractivity contribution is 6.11. The molecule has 46 valence electrons. The molecule has 1 aliphatic rings. The van der Waals surface area contributed by atoms with Crippen molar-refractivity contribution in [3.05, 3.63) is 0 Å². The van der Waals surface area contributed by atoms with E-state index >= 15 is 0 Å². The van der Waals surface area contributed by atoms with Gasteiger partial charge in [0.2, 0.25) is 0 Å². The zero-order valence-corrected chi connectivity index (χ0v) is 5.16. The summed E-state index contributed by atoms with van der Waals surface area (Å²) >= 11 is 0. The summed E-state index contributed by atoms with van der Waals surface area (Å²) in [4.78, 5) is 0. The Labute approximate surface area is 57.4 Å². The Morgan fingerprint density at radius 2 is 2.33 bits per heavy atom. The smallest absolute Gasteiger partial charge is 0.109 e. The monoisotopic (exact) mass is 122 g/mol. The second kappa shape index (κ2) is 2.76. The highest BCUT2D eigenvalue weighted by Crippen LogP contribution is 2.19. The van der Waals surface area contributed by atoms with Gasteiger partial charge in [-0.15, -0.1) is 0 Å². The molecule has 3 unspecified atom stereocenters. The summed E-state index contributed by atoms with van der Waals surface area (Å²) < 4.78 is 5.03. The van der Waals surface area contributed by atoms with E-state index in [2.05, 4.69) is 0 Å². The van der Waals surface area contributed by atoms with Crippen molar-refractivity contribution in [2.24, 2.45) is 0 Å². The van der Waals surface area contributed by atoms with Crippen molar-refractivity contribution in [1.82, 2.24) is 0 Å². The quantitative estimate of drug-likeness (QED) is 0.462. The molecule has 1 N–H and O–H groups in total. The zero-order valence-electron chi connectivity index (χ0n) is 5.16. The number of aliphatic hydroxyl groups is 1. The van der Waals surface area contributed by atoms with Crippen molar-refractivity contribution in [2.45, 2.75) is 31.0 Å². The molecule has 4 radical (unpaired) electrons. The average Bonchev–Trinajstić information content (AvgIpc) is 2.10. The predicted molar refractivity (Wildman–Crippen MR) is 35.6 cm³/mol. The molecule has 0 aromatic rings. The van der Waals surface area contributed by atoms with E-state index in [1.54, 1.807) is 0 Å². The molecule has 3 atom stereocenters. The van der Waals surface area contributed by atoms with Gasteiger partial charge in [0.1, 0.15) is 7.85 Å². The summed E-state index contributed by atoms with van der Waals surface area (Å²) in [5.41, 5.74) is 0. The summed E-state index contributed by atoms with van der Waals surface area (Å²) in [5.74, 6) is 0. The van der Waals surface area contributed by atoms with Crippen LogP contribution in [0.15, 0.2) is 0 Å². The maximum Gasteiger partial charge on any atom is 0.109 e. The van der Waals surface area contributed by atoms with Gasteiger partial charge in [-0.05, 0) is 6.42 Å². The minimum Gasteiger partial charge on any atom is -0.390 e. The Hall–Kier alpha value is 0.0499. The van der Waals surface area contributed by atoms with Crippen LogP contribution < -0.4 is 0 Å². The van der Waals surface area contributed by atoms with Crippen molar-refractivity contribution in [1.29, 1.82) is 0 Å². The van der Waals surface area contributed by atoms with Gasteiger partial charge in [-0.3, -0.25) is 0 Å². The van der Waals surface area contributed by atoms with Gasteiger partial charge in [0.05, 0.1) is 20.1 Å². The summed E-state index contributed by atoms with van der Waals surface area (Å²) in [6.07, 6.45) is 0.126. The van der Waals surface area contributed by atoms with Crippen LogP contribution in [-0.2, 0) is 4.74 Å². The summed E-state index contributed by atoms with van der Waals surface area (Å²) in [5, 5.41) is 9.07. The van der Waals surface area contributed by atoms with Gasteiger partial charge in [0.15, 0.2) is 0 Å². The molecule has 1 rings (SSSR count). The van der Waals surface area contributed by atoms with Gasteiger partial charge in [-0.2, -0.15) is 0 Å². The highest BCUT2D eigenvalue weighted by Gasteiger charge is 2.28. The second-order valence-electron chi connectivity index (χ2n) is 2.25. The fourth-order valence-electron chi connectivity index (χ4n) is 0.973. The number of ether oxygens (including phenoxy) is 1. The molecule has 0 aliphatic carbocycles. The van der Waals surface area contributed by atoms with E-state index in [1.165, 1.54) is 0 Å². The van der Waals surface area contributed by atoms with Crippen LogP contribution >= 0.6 is 0 Å². The minimum absolute atomic E-state index is 0.250. The molecule has 0 aromatic heterocycles. The van der Waals surface area contributed by atoms with E-state index in [9.17, 15) is 0 Å². The molecule has 1 heterocycles. The molecule has 1 aliphatic heterocycles. The van der Waals surface area contributed by atoms with Crippen molar-refractivity contribution in [3.63, 3.8) is 0 Å². The van der Waals surface area contributed by atoms with Crippen LogP contribution in [0.3, 0.4) is 0 Å². The van der Waals surface area contributed by atoms with E-state index in [-0.39, 0.29) is 12.1 Å². The normalized spacial score (nSPS) is 43.4. The third-order valence-corrected chi connectivity index (χ3v) is 1.48. The molecule has 0 aromatic carbocycles. The first-order valence-electron chi connectivity index (χ1n) is 3.03. The summed E-state index contributed by atoms with van der Waals surface area (Å²) in [6, 6.07) is -0.325. The molecule has 0 bridgehead atoms. The lowest BCUT2D eigenvalue weighted by Gasteiger charge is -2.10. The average molecular weight is 122 g/mol. The highest BCUT2D eigenvalue weighted by atomic mass is 16.5. The van der Waals surface area contributed by atoms with Gasteiger partial charge in [0.25, 0.3) is 0 Å². The second-order valence-corrected chi connectivity index (χ2v) is 2.25. The maximum absolute atomic E-state index is 9.07. The van der Waals surface area contributed by atoms with Crippen molar-refractivity contribution < 1.29 is 9.84 Å². The van der Waals surface area contributed by atoms with Gasteiger partial charge in [0, 0.05) is 6.00 Å². The summed E-state index contributed by atoms with van der Waals surface area (Å²) in [7, 11) is 10.6. The van der Waals surface area contributed by atoms with Gasteiger partial charge >= 0.3 is 0 Å². The van der Waals surface area contributed by atoms with Crippen molar-refractivity contribution in [3.8, 4) is 0 Å². The van der Waals surface area contributed by atoms with Gasteiger partial charge < -0.3 is 9.84 Å². The lowest BCUT2D eigenvalue weighted by molar-refractivity contribution is 0.0461. The van der Waals surface area contributed by atoms with E-state index in [0.29, 0.717) is 12.7 Å². The zero-order chi connectivity index (χ0) is 6.85. The Morgan fingerprint density at radius 3 is 2.56 bits per heavy atom. The molecule has 4 heteroatoms. The van der Waals surface area contributed by atoms with Gasteiger partial charge in [-0.1, -0.05) is 6.32 Å². The summed E-state index contributed by atoms with van der Waals surface area (Å²) in [6.45, 7) is 0. The molecule has 0 amide bonds. The van der Waals surface area contributed by atoms with Crippen LogP contribution in [0.25, 0.3) is 0 Å².